The zero-order chi connectivity index (χ0) is 19.3. The van der Waals surface area contributed by atoms with Crippen LogP contribution in [0.4, 0.5) is 5.69 Å². The largest absolute Gasteiger partial charge is 0.292 e. The Morgan fingerprint density at radius 2 is 1.57 bits per heavy atom. The Balaban J connectivity index is 1.62. The molecule has 0 saturated heterocycles. The van der Waals surface area contributed by atoms with Gasteiger partial charge in [0.1, 0.15) is 5.92 Å². The molecule has 138 valence electrons. The van der Waals surface area contributed by atoms with Gasteiger partial charge in [0, 0.05) is 11.2 Å². The highest BCUT2D eigenvalue weighted by Gasteiger charge is 2.36. The van der Waals surface area contributed by atoms with Gasteiger partial charge in [-0.25, -0.2) is 0 Å². The van der Waals surface area contributed by atoms with E-state index in [1.165, 1.54) is 5.01 Å². The van der Waals surface area contributed by atoms with Gasteiger partial charge in [-0.1, -0.05) is 72.3 Å². The van der Waals surface area contributed by atoms with Crippen LogP contribution in [0.15, 0.2) is 95.0 Å². The van der Waals surface area contributed by atoms with Gasteiger partial charge in [0.05, 0.1) is 17.9 Å². The van der Waals surface area contributed by atoms with Gasteiger partial charge in [-0.3, -0.25) is 9.79 Å². The van der Waals surface area contributed by atoms with Crippen LogP contribution in [0, 0.1) is 5.92 Å². The molecule has 0 fully saturated rings. The lowest BCUT2D eigenvalue weighted by Crippen LogP contribution is -2.28. The first-order valence-corrected chi connectivity index (χ1v) is 9.37. The molecule has 5 heteroatoms. The van der Waals surface area contributed by atoms with E-state index in [0.29, 0.717) is 17.3 Å². The third-order valence-corrected chi connectivity index (χ3v) is 4.74. The summed E-state index contributed by atoms with van der Waals surface area (Å²) < 4.78 is 0. The predicted molar refractivity (Wildman–Crippen MR) is 114 cm³/mol. The van der Waals surface area contributed by atoms with Crippen LogP contribution in [0.1, 0.15) is 11.1 Å². The maximum Gasteiger partial charge on any atom is 0.262 e. The smallest absolute Gasteiger partial charge is 0.262 e. The SMILES string of the molecule is O=C1[C@H](C=NCc2ccc(Cl)cc2)C(c2ccccc2)=NN1c1ccccc1. The minimum atomic E-state index is -0.519. The first-order chi connectivity index (χ1) is 13.7. The standard InChI is InChI=1S/C23H18ClN3O/c24-19-13-11-17(12-14-19)15-25-16-21-22(18-7-3-1-4-8-18)26-27(23(21)28)20-9-5-2-6-10-20/h1-14,16,21H,15H2/t21-/m1/s1. The summed E-state index contributed by atoms with van der Waals surface area (Å²) in [5.74, 6) is -0.625. The molecule has 4 rings (SSSR count). The van der Waals surface area contributed by atoms with Crippen molar-refractivity contribution in [3.63, 3.8) is 0 Å². The average Bonchev–Trinajstić information content (AvgIpc) is 3.07. The highest BCUT2D eigenvalue weighted by molar-refractivity contribution is 6.30. The van der Waals surface area contributed by atoms with E-state index in [4.69, 9.17) is 11.6 Å². The molecule has 3 aromatic rings. The van der Waals surface area contributed by atoms with Crippen LogP contribution < -0.4 is 5.01 Å². The minimum Gasteiger partial charge on any atom is -0.292 e. The minimum absolute atomic E-state index is 0.107. The lowest BCUT2D eigenvalue weighted by atomic mass is 9.98. The van der Waals surface area contributed by atoms with Crippen LogP contribution in [0.3, 0.4) is 0 Å². The fourth-order valence-corrected chi connectivity index (χ4v) is 3.18. The maximum atomic E-state index is 13.1. The monoisotopic (exact) mass is 387 g/mol. The van der Waals surface area contributed by atoms with Crippen molar-refractivity contribution in [3.8, 4) is 0 Å². The van der Waals surface area contributed by atoms with Crippen molar-refractivity contribution >= 4 is 35.1 Å². The third-order valence-electron chi connectivity index (χ3n) is 4.49. The third kappa shape index (κ3) is 3.87. The molecule has 4 nitrogen and oxygen atoms in total. The number of hydrogen-bond acceptors (Lipinski definition) is 3. The molecule has 0 aliphatic carbocycles. The van der Waals surface area contributed by atoms with E-state index in [0.717, 1.165) is 16.8 Å². The first kappa shape index (κ1) is 18.1. The van der Waals surface area contributed by atoms with Crippen molar-refractivity contribution in [3.05, 3.63) is 101 Å². The highest BCUT2D eigenvalue weighted by Crippen LogP contribution is 2.26. The Morgan fingerprint density at radius 3 is 2.25 bits per heavy atom. The number of aliphatic imine (C=N–C) groups is 1. The normalized spacial score (nSPS) is 16.6. The summed E-state index contributed by atoms with van der Waals surface area (Å²) in [6, 6.07) is 26.7. The van der Waals surface area contributed by atoms with Gasteiger partial charge in [-0.15, -0.1) is 0 Å². The number of carbonyl (C=O) groups excluding carboxylic acids is 1. The molecule has 1 amide bonds. The summed E-state index contributed by atoms with van der Waals surface area (Å²) in [5.41, 5.74) is 3.39. The van der Waals surface area contributed by atoms with E-state index in [-0.39, 0.29) is 5.91 Å². The Hall–Kier alpha value is -3.24. The van der Waals surface area contributed by atoms with Crippen LogP contribution >= 0.6 is 11.6 Å². The Kier molecular flexibility index (Phi) is 5.31. The van der Waals surface area contributed by atoms with Crippen LogP contribution in [-0.2, 0) is 11.3 Å². The second kappa shape index (κ2) is 8.19. The molecule has 0 spiro atoms. The van der Waals surface area contributed by atoms with Crippen molar-refractivity contribution in [2.45, 2.75) is 6.54 Å². The van der Waals surface area contributed by atoms with Crippen LogP contribution in [0.5, 0.6) is 0 Å². The fraction of sp³-hybridized carbons (Fsp3) is 0.0870. The molecule has 28 heavy (non-hydrogen) atoms. The van der Waals surface area contributed by atoms with Crippen LogP contribution in [0.2, 0.25) is 5.02 Å². The number of carbonyl (C=O) groups is 1. The van der Waals surface area contributed by atoms with E-state index in [9.17, 15) is 4.79 Å². The van der Waals surface area contributed by atoms with E-state index in [1.54, 1.807) is 6.21 Å². The van der Waals surface area contributed by atoms with Crippen molar-refractivity contribution < 1.29 is 4.79 Å². The zero-order valence-corrected chi connectivity index (χ0v) is 15.8. The molecule has 1 aliphatic heterocycles. The summed E-state index contributed by atoms with van der Waals surface area (Å²) in [7, 11) is 0. The zero-order valence-electron chi connectivity index (χ0n) is 15.1. The molecule has 0 bridgehead atoms. The van der Waals surface area contributed by atoms with E-state index >= 15 is 0 Å². The maximum absolute atomic E-state index is 13.1. The molecule has 1 aliphatic rings. The van der Waals surface area contributed by atoms with Crippen LogP contribution in [0.25, 0.3) is 0 Å². The summed E-state index contributed by atoms with van der Waals surface area (Å²) in [6.45, 7) is 0.481. The number of anilines is 1. The summed E-state index contributed by atoms with van der Waals surface area (Å²) in [5, 5.41) is 6.77. The quantitative estimate of drug-likeness (QED) is 0.569. The van der Waals surface area contributed by atoms with Gasteiger partial charge in [0.15, 0.2) is 0 Å². The Bertz CT molecular complexity index is 1010. The predicted octanol–water partition coefficient (Wildman–Crippen LogP) is 4.98. The van der Waals surface area contributed by atoms with Gasteiger partial charge in [0.25, 0.3) is 5.91 Å². The Morgan fingerprint density at radius 1 is 0.929 bits per heavy atom. The lowest BCUT2D eigenvalue weighted by molar-refractivity contribution is -0.118. The first-order valence-electron chi connectivity index (χ1n) is 9.00. The molecule has 0 N–H and O–H groups in total. The van der Waals surface area contributed by atoms with Crippen molar-refractivity contribution in [1.82, 2.24) is 0 Å². The molecule has 0 unspecified atom stereocenters. The summed E-state index contributed by atoms with van der Waals surface area (Å²) in [4.78, 5) is 17.6. The number of nitrogens with zero attached hydrogens (tertiary/aromatic N) is 3. The number of halogens is 1. The second-order valence-corrected chi connectivity index (χ2v) is 6.87. The van der Waals surface area contributed by atoms with Gasteiger partial charge < -0.3 is 0 Å². The second-order valence-electron chi connectivity index (χ2n) is 6.43. The summed E-state index contributed by atoms with van der Waals surface area (Å²) >= 11 is 5.93. The van der Waals surface area contributed by atoms with Gasteiger partial charge >= 0.3 is 0 Å². The average molecular weight is 388 g/mol. The number of para-hydroxylation sites is 1. The Labute approximate surface area is 168 Å². The van der Waals surface area contributed by atoms with E-state index in [1.807, 2.05) is 84.9 Å². The molecular formula is C23H18ClN3O. The van der Waals surface area contributed by atoms with Crippen molar-refractivity contribution in [2.75, 3.05) is 5.01 Å². The number of amides is 1. The molecular weight excluding hydrogens is 370 g/mol. The van der Waals surface area contributed by atoms with Crippen LogP contribution in [-0.4, -0.2) is 17.8 Å². The number of benzene rings is 3. The van der Waals surface area contributed by atoms with Crippen molar-refractivity contribution in [2.24, 2.45) is 16.0 Å². The number of rotatable bonds is 5. The lowest BCUT2D eigenvalue weighted by Gasteiger charge is -2.12. The van der Waals surface area contributed by atoms with Crippen molar-refractivity contribution in [1.29, 1.82) is 0 Å². The molecule has 3 aromatic carbocycles. The van der Waals surface area contributed by atoms with E-state index in [2.05, 4.69) is 10.1 Å². The van der Waals surface area contributed by atoms with E-state index < -0.39 is 5.92 Å². The summed E-state index contributed by atoms with van der Waals surface area (Å²) in [6.07, 6.45) is 1.70. The molecule has 0 saturated carbocycles. The van der Waals surface area contributed by atoms with Gasteiger partial charge in [-0.05, 0) is 35.4 Å². The number of hydrogen-bond donors (Lipinski definition) is 0. The highest BCUT2D eigenvalue weighted by atomic mass is 35.5. The number of hydrazone groups is 1. The molecule has 0 radical (unpaired) electrons. The fourth-order valence-electron chi connectivity index (χ4n) is 3.06. The van der Waals surface area contributed by atoms with Gasteiger partial charge in [0.2, 0.25) is 0 Å². The van der Waals surface area contributed by atoms with Gasteiger partial charge in [-0.2, -0.15) is 10.1 Å². The topological polar surface area (TPSA) is 45.0 Å². The molecule has 1 heterocycles. The molecule has 0 aromatic heterocycles. The molecule has 1 atom stereocenters.